The second-order valence-corrected chi connectivity index (χ2v) is 6.20. The Labute approximate surface area is 144 Å². The van der Waals surface area contributed by atoms with Crippen molar-refractivity contribution in [3.63, 3.8) is 0 Å². The van der Waals surface area contributed by atoms with Gasteiger partial charge in [0.15, 0.2) is 0 Å². The number of carbonyl (C=O) groups excluding carboxylic acids is 1. The van der Waals surface area contributed by atoms with Gasteiger partial charge in [-0.25, -0.2) is 0 Å². The van der Waals surface area contributed by atoms with Crippen molar-refractivity contribution in [1.82, 2.24) is 4.98 Å². The van der Waals surface area contributed by atoms with Crippen molar-refractivity contribution in [2.24, 2.45) is 0 Å². The quantitative estimate of drug-likeness (QED) is 0.775. The number of para-hydroxylation sites is 1. The maximum absolute atomic E-state index is 13.3. The summed E-state index contributed by atoms with van der Waals surface area (Å²) < 4.78 is 39.9. The van der Waals surface area contributed by atoms with Crippen LogP contribution in [0.4, 0.5) is 18.9 Å². The molecule has 0 N–H and O–H groups in total. The standard InChI is InChI=1S/C19H19F3N2O/c20-19(21,22)16-12-7-13-23-17(16)18(25)24(14-8-3-1-4-9-14)15-10-5-2-6-11-15/h1,3-4,7-9,12-13,15H,2,5-6,10-11H2. The van der Waals surface area contributed by atoms with Gasteiger partial charge in [0.2, 0.25) is 0 Å². The Balaban J connectivity index is 2.03. The molecule has 1 fully saturated rings. The molecule has 25 heavy (non-hydrogen) atoms. The zero-order valence-electron chi connectivity index (χ0n) is 13.7. The highest BCUT2D eigenvalue weighted by Crippen LogP contribution is 2.34. The highest BCUT2D eigenvalue weighted by atomic mass is 19.4. The number of halogens is 3. The van der Waals surface area contributed by atoms with Crippen LogP contribution >= 0.6 is 0 Å². The first-order valence-electron chi connectivity index (χ1n) is 8.39. The number of hydrogen-bond donors (Lipinski definition) is 0. The summed E-state index contributed by atoms with van der Waals surface area (Å²) in [5.41, 5.74) is -0.917. The topological polar surface area (TPSA) is 33.2 Å². The lowest BCUT2D eigenvalue weighted by molar-refractivity contribution is -0.138. The molecule has 3 nitrogen and oxygen atoms in total. The van der Waals surface area contributed by atoms with Gasteiger partial charge in [0, 0.05) is 17.9 Å². The molecule has 6 heteroatoms. The lowest BCUT2D eigenvalue weighted by Gasteiger charge is -2.34. The molecule has 0 spiro atoms. The Morgan fingerprint density at radius 2 is 1.68 bits per heavy atom. The fraction of sp³-hybridized carbons (Fsp3) is 0.368. The van der Waals surface area contributed by atoms with E-state index in [1.54, 1.807) is 24.3 Å². The van der Waals surface area contributed by atoms with Crippen molar-refractivity contribution in [3.05, 3.63) is 59.9 Å². The molecule has 1 heterocycles. The van der Waals surface area contributed by atoms with E-state index in [2.05, 4.69) is 4.98 Å². The van der Waals surface area contributed by atoms with Crippen molar-refractivity contribution in [1.29, 1.82) is 0 Å². The van der Waals surface area contributed by atoms with Crippen LogP contribution in [0.25, 0.3) is 0 Å². The van der Waals surface area contributed by atoms with E-state index in [0.29, 0.717) is 5.69 Å². The molecule has 132 valence electrons. The van der Waals surface area contributed by atoms with E-state index in [9.17, 15) is 18.0 Å². The van der Waals surface area contributed by atoms with Crippen molar-refractivity contribution in [2.75, 3.05) is 4.90 Å². The third-order valence-electron chi connectivity index (χ3n) is 4.51. The molecule has 1 aromatic heterocycles. The van der Waals surface area contributed by atoms with Gasteiger partial charge in [0.05, 0.1) is 5.56 Å². The first-order chi connectivity index (χ1) is 12.0. The van der Waals surface area contributed by atoms with Crippen molar-refractivity contribution in [2.45, 2.75) is 44.3 Å². The van der Waals surface area contributed by atoms with E-state index < -0.39 is 23.3 Å². The Morgan fingerprint density at radius 3 is 2.32 bits per heavy atom. The molecule has 0 saturated heterocycles. The second kappa shape index (κ2) is 7.25. The number of carbonyl (C=O) groups is 1. The van der Waals surface area contributed by atoms with Gasteiger partial charge in [-0.2, -0.15) is 13.2 Å². The van der Waals surface area contributed by atoms with E-state index in [-0.39, 0.29) is 6.04 Å². The number of alkyl halides is 3. The normalized spacial score (nSPS) is 15.8. The number of amides is 1. The van der Waals surface area contributed by atoms with Crippen LogP contribution in [0.2, 0.25) is 0 Å². The SMILES string of the molecule is O=C(c1ncccc1C(F)(F)F)N(c1ccccc1)C1CCCCC1. The number of pyridine rings is 1. The molecule has 0 unspecified atom stereocenters. The first kappa shape index (κ1) is 17.5. The van der Waals surface area contributed by atoms with E-state index >= 15 is 0 Å². The minimum Gasteiger partial charge on any atom is -0.304 e. The predicted molar refractivity (Wildman–Crippen MR) is 89.4 cm³/mol. The van der Waals surface area contributed by atoms with Gasteiger partial charge in [-0.15, -0.1) is 0 Å². The molecule has 2 aromatic rings. The van der Waals surface area contributed by atoms with Crippen LogP contribution < -0.4 is 4.90 Å². The summed E-state index contributed by atoms with van der Waals surface area (Å²) in [6.45, 7) is 0. The number of nitrogens with zero attached hydrogens (tertiary/aromatic N) is 2. The lowest BCUT2D eigenvalue weighted by atomic mass is 9.93. The van der Waals surface area contributed by atoms with Crippen LogP contribution in [0, 0.1) is 0 Å². The van der Waals surface area contributed by atoms with Gasteiger partial charge in [-0.3, -0.25) is 9.78 Å². The van der Waals surface area contributed by atoms with Crippen molar-refractivity contribution < 1.29 is 18.0 Å². The second-order valence-electron chi connectivity index (χ2n) is 6.20. The van der Waals surface area contributed by atoms with Crippen LogP contribution in [-0.4, -0.2) is 16.9 Å². The van der Waals surface area contributed by atoms with Gasteiger partial charge < -0.3 is 4.90 Å². The third-order valence-corrected chi connectivity index (χ3v) is 4.51. The maximum atomic E-state index is 13.3. The predicted octanol–water partition coefficient (Wildman–Crippen LogP) is 5.08. The number of anilines is 1. The van der Waals surface area contributed by atoms with Crippen molar-refractivity contribution >= 4 is 11.6 Å². The van der Waals surface area contributed by atoms with Crippen LogP contribution in [0.1, 0.15) is 48.2 Å². The van der Waals surface area contributed by atoms with Gasteiger partial charge >= 0.3 is 6.18 Å². The summed E-state index contributed by atoms with van der Waals surface area (Å²) in [4.78, 5) is 18.3. The number of aromatic nitrogens is 1. The molecule has 0 atom stereocenters. The Kier molecular flexibility index (Phi) is 5.06. The van der Waals surface area contributed by atoms with E-state index in [0.717, 1.165) is 38.2 Å². The number of rotatable bonds is 3. The first-order valence-corrected chi connectivity index (χ1v) is 8.39. The highest BCUT2D eigenvalue weighted by molar-refractivity contribution is 6.06. The Bertz CT molecular complexity index is 725. The lowest BCUT2D eigenvalue weighted by Crippen LogP contribution is -2.42. The molecule has 1 saturated carbocycles. The van der Waals surface area contributed by atoms with Crippen molar-refractivity contribution in [3.8, 4) is 0 Å². The number of hydrogen-bond acceptors (Lipinski definition) is 2. The Morgan fingerprint density at radius 1 is 1.00 bits per heavy atom. The average molecular weight is 348 g/mol. The molecule has 3 rings (SSSR count). The van der Waals surface area contributed by atoms with Gasteiger partial charge in [0.25, 0.3) is 5.91 Å². The summed E-state index contributed by atoms with van der Waals surface area (Å²) in [6.07, 6.45) is 1.21. The largest absolute Gasteiger partial charge is 0.418 e. The number of benzene rings is 1. The fourth-order valence-corrected chi connectivity index (χ4v) is 3.34. The highest BCUT2D eigenvalue weighted by Gasteiger charge is 2.38. The summed E-state index contributed by atoms with van der Waals surface area (Å²) in [5.74, 6) is -0.689. The maximum Gasteiger partial charge on any atom is 0.418 e. The molecular formula is C19H19F3N2O. The van der Waals surface area contributed by atoms with Gasteiger partial charge in [0.1, 0.15) is 5.69 Å². The molecule has 0 bridgehead atoms. The smallest absolute Gasteiger partial charge is 0.304 e. The van der Waals surface area contributed by atoms with E-state index in [1.165, 1.54) is 17.2 Å². The molecular weight excluding hydrogens is 329 g/mol. The van der Waals surface area contributed by atoms with Crippen LogP contribution in [0.5, 0.6) is 0 Å². The van der Waals surface area contributed by atoms with Crippen LogP contribution in [-0.2, 0) is 6.18 Å². The summed E-state index contributed by atoms with van der Waals surface area (Å²) in [7, 11) is 0. The monoisotopic (exact) mass is 348 g/mol. The summed E-state index contributed by atoms with van der Waals surface area (Å²) in [5, 5.41) is 0. The molecule has 0 radical (unpaired) electrons. The summed E-state index contributed by atoms with van der Waals surface area (Å²) in [6, 6.07) is 10.9. The van der Waals surface area contributed by atoms with Crippen LogP contribution in [0.15, 0.2) is 48.7 Å². The zero-order valence-corrected chi connectivity index (χ0v) is 13.7. The van der Waals surface area contributed by atoms with E-state index in [4.69, 9.17) is 0 Å². The minimum atomic E-state index is -4.62. The molecule has 1 amide bonds. The zero-order chi connectivity index (χ0) is 17.9. The third kappa shape index (κ3) is 3.83. The van der Waals surface area contributed by atoms with Gasteiger partial charge in [-0.05, 0) is 37.1 Å². The average Bonchev–Trinajstić information content (AvgIpc) is 2.63. The fourth-order valence-electron chi connectivity index (χ4n) is 3.34. The molecule has 1 aliphatic carbocycles. The molecule has 1 aliphatic rings. The minimum absolute atomic E-state index is 0.105. The van der Waals surface area contributed by atoms with Crippen LogP contribution in [0.3, 0.4) is 0 Å². The summed E-state index contributed by atoms with van der Waals surface area (Å²) >= 11 is 0. The molecule has 0 aliphatic heterocycles. The Hall–Kier alpha value is -2.37. The van der Waals surface area contributed by atoms with E-state index in [1.807, 2.05) is 6.07 Å². The van der Waals surface area contributed by atoms with Gasteiger partial charge in [-0.1, -0.05) is 37.5 Å². The molecule has 1 aromatic carbocycles.